The smallest absolute Gasteiger partial charge is 0.295 e. The van der Waals surface area contributed by atoms with E-state index in [0.717, 1.165) is 17.7 Å². The van der Waals surface area contributed by atoms with E-state index in [-0.39, 0.29) is 17.4 Å². The molecular formula is C20H18FNO4S. The SMILES string of the molecule is O=C1C(=O)N(C[C@H]2CCCO2)[C@H](c2cccs2)C1=C(O)c1ccc(F)cc1. The number of carbonyl (C=O) groups is 2. The van der Waals surface area contributed by atoms with Crippen molar-refractivity contribution in [1.29, 1.82) is 0 Å². The number of carbonyl (C=O) groups excluding carboxylic acids is 2. The van der Waals surface area contributed by atoms with Crippen LogP contribution >= 0.6 is 11.3 Å². The highest BCUT2D eigenvalue weighted by atomic mass is 32.1. The molecule has 3 heterocycles. The first-order valence-electron chi connectivity index (χ1n) is 8.75. The van der Waals surface area contributed by atoms with E-state index in [1.165, 1.54) is 40.5 Å². The second kappa shape index (κ2) is 7.25. The number of hydrogen-bond acceptors (Lipinski definition) is 5. The summed E-state index contributed by atoms with van der Waals surface area (Å²) in [6.45, 7) is 0.946. The summed E-state index contributed by atoms with van der Waals surface area (Å²) in [5.74, 6) is -2.11. The summed E-state index contributed by atoms with van der Waals surface area (Å²) in [4.78, 5) is 27.7. The summed E-state index contributed by atoms with van der Waals surface area (Å²) >= 11 is 1.41. The zero-order valence-corrected chi connectivity index (χ0v) is 15.2. The number of ketones is 1. The van der Waals surface area contributed by atoms with Gasteiger partial charge in [0.15, 0.2) is 0 Å². The lowest BCUT2D eigenvalue weighted by Crippen LogP contribution is -2.36. The second-order valence-corrected chi connectivity index (χ2v) is 7.59. The van der Waals surface area contributed by atoms with Crippen LogP contribution < -0.4 is 0 Å². The van der Waals surface area contributed by atoms with E-state index in [9.17, 15) is 19.1 Å². The van der Waals surface area contributed by atoms with Crippen LogP contribution in [0.2, 0.25) is 0 Å². The molecule has 1 aromatic carbocycles. The van der Waals surface area contributed by atoms with Gasteiger partial charge < -0.3 is 14.7 Å². The van der Waals surface area contributed by atoms with Gasteiger partial charge in [-0.25, -0.2) is 4.39 Å². The van der Waals surface area contributed by atoms with Gasteiger partial charge in [-0.15, -0.1) is 11.3 Å². The molecule has 1 amide bonds. The van der Waals surface area contributed by atoms with Crippen molar-refractivity contribution >= 4 is 28.8 Å². The van der Waals surface area contributed by atoms with Gasteiger partial charge in [0.1, 0.15) is 11.6 Å². The molecule has 2 aliphatic rings. The Kier molecular flexibility index (Phi) is 4.80. The molecule has 2 aliphatic heterocycles. The molecule has 7 heteroatoms. The first-order chi connectivity index (χ1) is 13.1. The minimum Gasteiger partial charge on any atom is -0.507 e. The fourth-order valence-corrected chi connectivity index (χ4v) is 4.43. The molecule has 0 bridgehead atoms. The van der Waals surface area contributed by atoms with E-state index >= 15 is 0 Å². The van der Waals surface area contributed by atoms with Crippen LogP contribution in [0.15, 0.2) is 47.4 Å². The average molecular weight is 387 g/mol. The first kappa shape index (κ1) is 17.9. The highest BCUT2D eigenvalue weighted by Gasteiger charge is 2.47. The summed E-state index contributed by atoms with van der Waals surface area (Å²) in [6.07, 6.45) is 1.64. The molecule has 1 N–H and O–H groups in total. The van der Waals surface area contributed by atoms with Gasteiger partial charge in [-0.2, -0.15) is 0 Å². The predicted octanol–water partition coefficient (Wildman–Crippen LogP) is 3.49. The maximum absolute atomic E-state index is 13.2. The lowest BCUT2D eigenvalue weighted by Gasteiger charge is -2.26. The molecule has 0 unspecified atom stereocenters. The summed E-state index contributed by atoms with van der Waals surface area (Å²) < 4.78 is 18.9. The van der Waals surface area contributed by atoms with Crippen molar-refractivity contribution in [3.05, 3.63) is 63.6 Å². The fourth-order valence-electron chi connectivity index (χ4n) is 3.58. The third-order valence-electron chi connectivity index (χ3n) is 4.89. The van der Waals surface area contributed by atoms with E-state index in [2.05, 4.69) is 0 Å². The quantitative estimate of drug-likeness (QED) is 0.495. The summed E-state index contributed by atoms with van der Waals surface area (Å²) in [5.41, 5.74) is 0.333. The van der Waals surface area contributed by atoms with Crippen LogP contribution in [0.4, 0.5) is 4.39 Å². The number of thiophene rings is 1. The molecule has 2 saturated heterocycles. The van der Waals surface area contributed by atoms with Crippen LogP contribution in [0, 0.1) is 5.82 Å². The van der Waals surface area contributed by atoms with Crippen molar-refractivity contribution < 1.29 is 23.8 Å². The Hall–Kier alpha value is -2.51. The normalized spacial score (nSPS) is 24.7. The number of likely N-dealkylation sites (tertiary alicyclic amines) is 1. The van der Waals surface area contributed by atoms with Crippen LogP contribution in [-0.4, -0.2) is 41.0 Å². The molecule has 140 valence electrons. The molecule has 2 atom stereocenters. The van der Waals surface area contributed by atoms with Crippen molar-refractivity contribution in [2.24, 2.45) is 0 Å². The van der Waals surface area contributed by atoms with Crippen LogP contribution in [0.1, 0.15) is 29.3 Å². The van der Waals surface area contributed by atoms with Crippen molar-refractivity contribution in [1.82, 2.24) is 4.90 Å². The second-order valence-electron chi connectivity index (χ2n) is 6.61. The zero-order chi connectivity index (χ0) is 19.0. The van der Waals surface area contributed by atoms with Crippen LogP contribution in [0.25, 0.3) is 5.76 Å². The average Bonchev–Trinajstić information content (AvgIpc) is 3.40. The van der Waals surface area contributed by atoms with E-state index in [1.807, 2.05) is 17.5 Å². The van der Waals surface area contributed by atoms with Crippen molar-refractivity contribution in [3.63, 3.8) is 0 Å². The maximum atomic E-state index is 13.2. The van der Waals surface area contributed by atoms with Gasteiger partial charge in [0.05, 0.1) is 17.7 Å². The largest absolute Gasteiger partial charge is 0.507 e. The van der Waals surface area contributed by atoms with E-state index in [1.54, 1.807) is 0 Å². The number of aliphatic hydroxyl groups excluding tert-OH is 1. The highest BCUT2D eigenvalue weighted by Crippen LogP contribution is 2.41. The lowest BCUT2D eigenvalue weighted by molar-refractivity contribution is -0.140. The molecule has 2 aromatic rings. The molecule has 0 radical (unpaired) electrons. The van der Waals surface area contributed by atoms with Gasteiger partial charge in [0.2, 0.25) is 0 Å². The number of amides is 1. The van der Waals surface area contributed by atoms with Crippen molar-refractivity contribution in [3.8, 4) is 0 Å². The number of rotatable bonds is 4. The monoisotopic (exact) mass is 387 g/mol. The molecule has 1 aromatic heterocycles. The van der Waals surface area contributed by atoms with Gasteiger partial charge in [-0.1, -0.05) is 6.07 Å². The Bertz CT molecular complexity index is 885. The Morgan fingerprint density at radius 1 is 1.26 bits per heavy atom. The fraction of sp³-hybridized carbons (Fsp3) is 0.300. The van der Waals surface area contributed by atoms with Gasteiger partial charge in [-0.3, -0.25) is 9.59 Å². The van der Waals surface area contributed by atoms with E-state index < -0.39 is 23.5 Å². The number of Topliss-reactive ketones (excluding diaryl/α,β-unsaturated/α-hetero) is 1. The van der Waals surface area contributed by atoms with E-state index in [0.29, 0.717) is 18.7 Å². The number of hydrogen-bond donors (Lipinski definition) is 1. The number of halogens is 1. The minimum atomic E-state index is -0.728. The Morgan fingerprint density at radius 2 is 2.04 bits per heavy atom. The molecule has 0 aliphatic carbocycles. The number of aliphatic hydroxyl groups is 1. The Balaban J connectivity index is 1.78. The number of benzene rings is 1. The standard InChI is InChI=1S/C20H18FNO4S/c21-13-7-5-12(6-8-13)18(23)16-17(15-4-2-10-27-15)22(20(25)19(16)24)11-14-3-1-9-26-14/h2,4-8,10,14,17,23H,1,3,9,11H2/t14-,17-/m1/s1. The van der Waals surface area contributed by atoms with Crippen LogP contribution in [0.5, 0.6) is 0 Å². The van der Waals surface area contributed by atoms with Crippen LogP contribution in [-0.2, 0) is 14.3 Å². The number of nitrogens with zero attached hydrogens (tertiary/aromatic N) is 1. The van der Waals surface area contributed by atoms with E-state index in [4.69, 9.17) is 4.74 Å². The van der Waals surface area contributed by atoms with Gasteiger partial charge in [0.25, 0.3) is 11.7 Å². The van der Waals surface area contributed by atoms with Gasteiger partial charge in [-0.05, 0) is 48.6 Å². The first-order valence-corrected chi connectivity index (χ1v) is 9.63. The molecule has 5 nitrogen and oxygen atoms in total. The molecular weight excluding hydrogens is 369 g/mol. The number of ether oxygens (including phenoxy) is 1. The maximum Gasteiger partial charge on any atom is 0.295 e. The third-order valence-corrected chi connectivity index (χ3v) is 5.82. The minimum absolute atomic E-state index is 0.0343. The summed E-state index contributed by atoms with van der Waals surface area (Å²) in [7, 11) is 0. The zero-order valence-electron chi connectivity index (χ0n) is 14.4. The molecule has 0 spiro atoms. The molecule has 27 heavy (non-hydrogen) atoms. The highest BCUT2D eigenvalue weighted by molar-refractivity contribution is 7.10. The van der Waals surface area contributed by atoms with Crippen molar-refractivity contribution in [2.45, 2.75) is 25.0 Å². The summed E-state index contributed by atoms with van der Waals surface area (Å²) in [5, 5.41) is 12.6. The van der Waals surface area contributed by atoms with Gasteiger partial charge in [0, 0.05) is 23.6 Å². The Morgan fingerprint density at radius 3 is 2.67 bits per heavy atom. The summed E-state index contributed by atoms with van der Waals surface area (Å²) in [6, 6.07) is 8.20. The molecule has 4 rings (SSSR count). The van der Waals surface area contributed by atoms with Crippen LogP contribution in [0.3, 0.4) is 0 Å². The van der Waals surface area contributed by atoms with Gasteiger partial charge >= 0.3 is 0 Å². The Labute approximate surface area is 159 Å². The third kappa shape index (κ3) is 3.28. The lowest BCUT2D eigenvalue weighted by atomic mass is 9.99. The molecule has 2 fully saturated rings. The predicted molar refractivity (Wildman–Crippen MR) is 98.7 cm³/mol. The topological polar surface area (TPSA) is 66.8 Å². The van der Waals surface area contributed by atoms with Crippen molar-refractivity contribution in [2.75, 3.05) is 13.2 Å². The molecule has 0 saturated carbocycles.